The third kappa shape index (κ3) is 6.39. The van der Waals surface area contributed by atoms with Gasteiger partial charge in [0.25, 0.3) is 15.9 Å². The van der Waals surface area contributed by atoms with Crippen LogP contribution in [0.4, 0.5) is 18.9 Å². The highest BCUT2D eigenvalue weighted by Gasteiger charge is 2.20. The molecule has 3 aromatic carbocycles. The van der Waals surface area contributed by atoms with Crippen molar-refractivity contribution in [2.75, 3.05) is 11.3 Å². The average Bonchev–Trinajstić information content (AvgIpc) is 2.74. The Morgan fingerprint density at radius 3 is 2.33 bits per heavy atom. The van der Waals surface area contributed by atoms with Crippen molar-refractivity contribution in [2.24, 2.45) is 0 Å². The van der Waals surface area contributed by atoms with E-state index in [9.17, 15) is 26.4 Å². The standard InChI is InChI=1S/C22H18ClF3N2O4S/c1-13(12-32-21-9-4-15(25)10-20(21)26)27-22(29)18-11-17(7-8-19(18)23)33(30,31)28-16-5-2-14(24)3-6-16/h2-11,13,28H,12H2,1H3,(H,27,29). The first-order valence-electron chi connectivity index (χ1n) is 9.52. The van der Waals surface area contributed by atoms with Crippen LogP contribution in [0.2, 0.25) is 5.02 Å². The molecule has 0 aliphatic heterocycles. The minimum Gasteiger partial charge on any atom is -0.488 e. The molecule has 3 aromatic rings. The summed E-state index contributed by atoms with van der Waals surface area (Å²) in [5.41, 5.74) is 0.0228. The molecular formula is C22H18ClF3N2O4S. The summed E-state index contributed by atoms with van der Waals surface area (Å²) in [6.07, 6.45) is 0. The van der Waals surface area contributed by atoms with Crippen molar-refractivity contribution in [3.8, 4) is 5.75 Å². The molecule has 0 spiro atoms. The van der Waals surface area contributed by atoms with E-state index in [-0.39, 0.29) is 33.5 Å². The summed E-state index contributed by atoms with van der Waals surface area (Å²) in [6.45, 7) is 1.43. The zero-order chi connectivity index (χ0) is 24.2. The highest BCUT2D eigenvalue weighted by molar-refractivity contribution is 7.92. The zero-order valence-corrected chi connectivity index (χ0v) is 18.7. The number of anilines is 1. The molecule has 174 valence electrons. The lowest BCUT2D eigenvalue weighted by Gasteiger charge is -2.16. The lowest BCUT2D eigenvalue weighted by molar-refractivity contribution is 0.0926. The number of hydrogen-bond acceptors (Lipinski definition) is 4. The fourth-order valence-corrected chi connectivity index (χ4v) is 4.02. The zero-order valence-electron chi connectivity index (χ0n) is 17.1. The van der Waals surface area contributed by atoms with E-state index < -0.39 is 39.4 Å². The molecule has 11 heteroatoms. The minimum absolute atomic E-state index is 0.00549. The van der Waals surface area contributed by atoms with Gasteiger partial charge in [-0.2, -0.15) is 0 Å². The van der Waals surface area contributed by atoms with Crippen LogP contribution < -0.4 is 14.8 Å². The second-order valence-corrected chi connectivity index (χ2v) is 9.10. The SMILES string of the molecule is CC(COc1ccc(F)cc1F)NC(=O)c1cc(S(=O)(=O)Nc2ccc(F)cc2)ccc1Cl. The fourth-order valence-electron chi connectivity index (χ4n) is 2.73. The molecule has 0 bridgehead atoms. The van der Waals surface area contributed by atoms with Gasteiger partial charge in [0.15, 0.2) is 11.6 Å². The van der Waals surface area contributed by atoms with Crippen LogP contribution in [0.15, 0.2) is 65.6 Å². The van der Waals surface area contributed by atoms with Crippen LogP contribution in [0.5, 0.6) is 5.75 Å². The first-order chi connectivity index (χ1) is 15.5. The number of rotatable bonds is 8. The number of sulfonamides is 1. The van der Waals surface area contributed by atoms with E-state index in [2.05, 4.69) is 10.0 Å². The molecule has 3 rings (SSSR count). The Bertz CT molecular complexity index is 1270. The first-order valence-corrected chi connectivity index (χ1v) is 11.4. The summed E-state index contributed by atoms with van der Waals surface area (Å²) in [5, 5.41) is 2.58. The minimum atomic E-state index is -4.09. The Morgan fingerprint density at radius 2 is 1.67 bits per heavy atom. The molecule has 33 heavy (non-hydrogen) atoms. The number of halogens is 4. The number of carbonyl (C=O) groups is 1. The first kappa shape index (κ1) is 24.4. The van der Waals surface area contributed by atoms with E-state index in [0.717, 1.165) is 30.3 Å². The molecule has 0 radical (unpaired) electrons. The lowest BCUT2D eigenvalue weighted by atomic mass is 10.2. The molecule has 1 amide bonds. The monoisotopic (exact) mass is 498 g/mol. The van der Waals surface area contributed by atoms with Crippen LogP contribution in [0.1, 0.15) is 17.3 Å². The molecule has 1 unspecified atom stereocenters. The molecule has 0 saturated heterocycles. The fraction of sp³-hybridized carbons (Fsp3) is 0.136. The van der Waals surface area contributed by atoms with Crippen LogP contribution in [0.25, 0.3) is 0 Å². The molecule has 0 fully saturated rings. The summed E-state index contributed by atoms with van der Waals surface area (Å²) in [4.78, 5) is 12.4. The second kappa shape index (κ2) is 10.1. The largest absolute Gasteiger partial charge is 0.488 e. The Morgan fingerprint density at radius 1 is 1.00 bits per heavy atom. The second-order valence-electron chi connectivity index (χ2n) is 7.01. The van der Waals surface area contributed by atoms with Gasteiger partial charge in [-0.1, -0.05) is 11.6 Å². The van der Waals surface area contributed by atoms with E-state index in [0.29, 0.717) is 6.07 Å². The molecule has 0 heterocycles. The quantitative estimate of drug-likeness (QED) is 0.469. The number of nitrogens with one attached hydrogen (secondary N) is 2. The number of carbonyl (C=O) groups excluding carboxylic acids is 1. The van der Waals surface area contributed by atoms with Crippen LogP contribution in [0, 0.1) is 17.5 Å². The normalized spacial score (nSPS) is 12.2. The number of ether oxygens (including phenoxy) is 1. The molecule has 2 N–H and O–H groups in total. The van der Waals surface area contributed by atoms with Gasteiger partial charge in [0.1, 0.15) is 18.2 Å². The molecule has 0 aromatic heterocycles. The van der Waals surface area contributed by atoms with Crippen molar-refractivity contribution < 1.29 is 31.1 Å². The highest BCUT2D eigenvalue weighted by atomic mass is 35.5. The van der Waals surface area contributed by atoms with Gasteiger partial charge in [-0.3, -0.25) is 9.52 Å². The van der Waals surface area contributed by atoms with E-state index in [1.807, 2.05) is 0 Å². The van der Waals surface area contributed by atoms with Crippen LogP contribution in [-0.4, -0.2) is 27.0 Å². The van der Waals surface area contributed by atoms with E-state index in [4.69, 9.17) is 16.3 Å². The molecular weight excluding hydrogens is 481 g/mol. The summed E-state index contributed by atoms with van der Waals surface area (Å²) in [5.74, 6) is -3.03. The van der Waals surface area contributed by atoms with Crippen LogP contribution >= 0.6 is 11.6 Å². The van der Waals surface area contributed by atoms with Gasteiger partial charge in [-0.15, -0.1) is 0 Å². The topological polar surface area (TPSA) is 84.5 Å². The van der Waals surface area contributed by atoms with E-state index in [1.165, 1.54) is 24.3 Å². The Hall–Kier alpha value is -3.24. The summed E-state index contributed by atoms with van der Waals surface area (Å²) in [7, 11) is -4.09. The van der Waals surface area contributed by atoms with Gasteiger partial charge in [0.05, 0.1) is 21.5 Å². The van der Waals surface area contributed by atoms with E-state index in [1.54, 1.807) is 6.92 Å². The molecule has 0 aliphatic carbocycles. The van der Waals surface area contributed by atoms with Crippen molar-refractivity contribution in [1.82, 2.24) is 5.32 Å². The third-order valence-electron chi connectivity index (χ3n) is 4.35. The molecule has 1 atom stereocenters. The molecule has 0 saturated carbocycles. The lowest BCUT2D eigenvalue weighted by Crippen LogP contribution is -2.37. The van der Waals surface area contributed by atoms with Crippen LogP contribution in [0.3, 0.4) is 0 Å². The molecule has 6 nitrogen and oxygen atoms in total. The van der Waals surface area contributed by atoms with Gasteiger partial charge in [-0.25, -0.2) is 21.6 Å². The smallest absolute Gasteiger partial charge is 0.261 e. The van der Waals surface area contributed by atoms with Gasteiger partial charge >= 0.3 is 0 Å². The predicted molar refractivity (Wildman–Crippen MR) is 117 cm³/mol. The maximum Gasteiger partial charge on any atom is 0.261 e. The Labute approximate surface area is 193 Å². The highest BCUT2D eigenvalue weighted by Crippen LogP contribution is 2.23. The van der Waals surface area contributed by atoms with Gasteiger partial charge in [0.2, 0.25) is 0 Å². The van der Waals surface area contributed by atoms with Gasteiger partial charge in [0, 0.05) is 11.8 Å². The van der Waals surface area contributed by atoms with Crippen LogP contribution in [-0.2, 0) is 10.0 Å². The summed E-state index contributed by atoms with van der Waals surface area (Å²) >= 11 is 6.08. The average molecular weight is 499 g/mol. The van der Waals surface area contributed by atoms with Crippen molar-refractivity contribution in [3.63, 3.8) is 0 Å². The summed E-state index contributed by atoms with van der Waals surface area (Å²) < 4.78 is 72.5. The number of hydrogen-bond donors (Lipinski definition) is 2. The van der Waals surface area contributed by atoms with Gasteiger partial charge in [-0.05, 0) is 61.5 Å². The van der Waals surface area contributed by atoms with Crippen molar-refractivity contribution in [2.45, 2.75) is 17.9 Å². The molecule has 0 aliphatic rings. The maximum atomic E-state index is 13.7. The summed E-state index contributed by atoms with van der Waals surface area (Å²) in [6, 6.07) is 10.5. The van der Waals surface area contributed by atoms with Crippen molar-refractivity contribution in [1.29, 1.82) is 0 Å². The number of benzene rings is 3. The maximum absolute atomic E-state index is 13.7. The third-order valence-corrected chi connectivity index (χ3v) is 6.06. The Balaban J connectivity index is 1.70. The number of amides is 1. The van der Waals surface area contributed by atoms with Crippen molar-refractivity contribution >= 4 is 33.2 Å². The van der Waals surface area contributed by atoms with Gasteiger partial charge < -0.3 is 10.1 Å². The predicted octanol–water partition coefficient (Wildman–Crippen LogP) is 4.76. The Kier molecular flexibility index (Phi) is 7.50. The van der Waals surface area contributed by atoms with E-state index >= 15 is 0 Å². The van der Waals surface area contributed by atoms with Crippen molar-refractivity contribution in [3.05, 3.63) is 88.7 Å².